The highest BCUT2D eigenvalue weighted by Crippen LogP contribution is 2.16. The lowest BCUT2D eigenvalue weighted by atomic mass is 10.1. The Morgan fingerprint density at radius 3 is 2.39 bits per heavy atom. The molecule has 5 heteroatoms. The number of nitrogens with two attached hydrogens (primary N) is 2. The third-order valence-electron chi connectivity index (χ3n) is 4.96. The molecule has 0 saturated carbocycles. The van der Waals surface area contributed by atoms with Gasteiger partial charge in [0.05, 0.1) is 50.5 Å². The summed E-state index contributed by atoms with van der Waals surface area (Å²) in [7, 11) is 4.67. The van der Waals surface area contributed by atoms with Gasteiger partial charge in [-0.1, -0.05) is 19.3 Å². The first kappa shape index (κ1) is 18.0. The fourth-order valence-corrected chi connectivity index (χ4v) is 3.17. The summed E-state index contributed by atoms with van der Waals surface area (Å²) < 4.78 is 1.18. The number of rotatable bonds is 8. The van der Waals surface area contributed by atoms with E-state index >= 15 is 0 Å². The number of hydrogen-bond donors (Lipinski definition) is 2. The Balaban J connectivity index is 1.50. The van der Waals surface area contributed by atoms with E-state index in [1.165, 1.54) is 62.9 Å². The molecular formula is C18H34N5+. The van der Waals surface area contributed by atoms with Gasteiger partial charge in [-0.3, -0.25) is 9.88 Å². The van der Waals surface area contributed by atoms with E-state index in [0.717, 1.165) is 24.2 Å². The lowest BCUT2D eigenvalue weighted by Crippen LogP contribution is -2.54. The average Bonchev–Trinajstić information content (AvgIpc) is 2.49. The number of nitrogens with zero attached hydrogens (tertiary/aromatic N) is 3. The first-order valence-electron chi connectivity index (χ1n) is 9.00. The van der Waals surface area contributed by atoms with Crippen LogP contribution in [-0.4, -0.2) is 61.2 Å². The summed E-state index contributed by atoms with van der Waals surface area (Å²) in [4.78, 5) is 6.95. The normalized spacial score (nSPS) is 18.2. The number of unbranched alkanes of at least 4 members (excludes halogenated alkanes) is 4. The van der Waals surface area contributed by atoms with Crippen molar-refractivity contribution >= 4 is 11.4 Å². The zero-order chi connectivity index (χ0) is 16.7. The Morgan fingerprint density at radius 1 is 1.04 bits per heavy atom. The van der Waals surface area contributed by atoms with Crippen LogP contribution in [-0.2, 0) is 6.42 Å². The number of likely N-dealkylation sites (N-methyl/N-ethyl adjacent to an activating group) is 1. The van der Waals surface area contributed by atoms with Crippen molar-refractivity contribution in [2.45, 2.75) is 38.5 Å². The number of aryl methyl sites for hydroxylation is 1. The minimum Gasteiger partial charge on any atom is -0.397 e. The van der Waals surface area contributed by atoms with Gasteiger partial charge in [-0.05, 0) is 31.9 Å². The van der Waals surface area contributed by atoms with E-state index in [2.05, 4.69) is 24.0 Å². The highest BCUT2D eigenvalue weighted by Gasteiger charge is 2.23. The van der Waals surface area contributed by atoms with Crippen molar-refractivity contribution in [2.75, 3.05) is 58.3 Å². The average molecular weight is 321 g/mol. The molecule has 130 valence electrons. The quantitative estimate of drug-likeness (QED) is 0.569. The Bertz CT molecular complexity index is 476. The van der Waals surface area contributed by atoms with Gasteiger partial charge in [-0.2, -0.15) is 0 Å². The molecule has 1 aromatic heterocycles. The van der Waals surface area contributed by atoms with Crippen LogP contribution in [0, 0.1) is 0 Å². The van der Waals surface area contributed by atoms with Crippen LogP contribution < -0.4 is 11.5 Å². The van der Waals surface area contributed by atoms with Crippen molar-refractivity contribution in [1.82, 2.24) is 9.88 Å². The summed E-state index contributed by atoms with van der Waals surface area (Å²) in [6.07, 6.45) is 9.06. The van der Waals surface area contributed by atoms with E-state index in [0.29, 0.717) is 5.69 Å². The molecule has 1 aliphatic rings. The first-order valence-corrected chi connectivity index (χ1v) is 9.00. The Morgan fingerprint density at radius 2 is 1.70 bits per heavy atom. The maximum absolute atomic E-state index is 5.94. The molecule has 5 nitrogen and oxygen atoms in total. The molecule has 1 aromatic rings. The van der Waals surface area contributed by atoms with Gasteiger partial charge in [0.1, 0.15) is 0 Å². The van der Waals surface area contributed by atoms with Crippen molar-refractivity contribution in [1.29, 1.82) is 0 Å². The molecule has 0 amide bonds. The lowest BCUT2D eigenvalue weighted by molar-refractivity contribution is -0.894. The second-order valence-corrected chi connectivity index (χ2v) is 7.55. The van der Waals surface area contributed by atoms with Crippen LogP contribution in [0.4, 0.5) is 11.4 Å². The predicted octanol–water partition coefficient (Wildman–Crippen LogP) is 2.13. The first-order chi connectivity index (χ1) is 11.0. The number of piperazine rings is 1. The van der Waals surface area contributed by atoms with Crippen LogP contribution in [0.2, 0.25) is 0 Å². The van der Waals surface area contributed by atoms with Crippen molar-refractivity contribution < 1.29 is 4.48 Å². The zero-order valence-electron chi connectivity index (χ0n) is 14.9. The topological polar surface area (TPSA) is 68.2 Å². The molecule has 0 bridgehead atoms. The van der Waals surface area contributed by atoms with E-state index in [1.807, 2.05) is 0 Å². The monoisotopic (exact) mass is 320 g/mol. The van der Waals surface area contributed by atoms with Gasteiger partial charge in [0.25, 0.3) is 0 Å². The minimum atomic E-state index is 0.645. The van der Waals surface area contributed by atoms with Crippen LogP contribution in [0.3, 0.4) is 0 Å². The van der Waals surface area contributed by atoms with Gasteiger partial charge in [0.2, 0.25) is 0 Å². The molecule has 0 aliphatic carbocycles. The van der Waals surface area contributed by atoms with Crippen molar-refractivity contribution in [3.05, 3.63) is 18.0 Å². The summed E-state index contributed by atoms with van der Waals surface area (Å²) in [5, 5.41) is 0. The van der Waals surface area contributed by atoms with E-state index in [4.69, 9.17) is 11.5 Å². The number of hydrogen-bond acceptors (Lipinski definition) is 4. The molecule has 0 atom stereocenters. The van der Waals surface area contributed by atoms with E-state index in [-0.39, 0.29) is 0 Å². The third-order valence-corrected chi connectivity index (χ3v) is 4.96. The van der Waals surface area contributed by atoms with E-state index < -0.39 is 0 Å². The molecule has 4 N–H and O–H groups in total. The standard InChI is InChI=1S/C18H34N5/c1-23(2)12-10-22(11-13-23)9-7-5-3-4-6-8-18-17(20)14-16(19)15-21-18/h14-15H,3-13,19-20H2,1-2H3/q+1. The Kier molecular flexibility index (Phi) is 6.66. The molecule has 1 saturated heterocycles. The molecule has 2 rings (SSSR count). The van der Waals surface area contributed by atoms with E-state index in [9.17, 15) is 0 Å². The second kappa shape index (κ2) is 8.50. The van der Waals surface area contributed by atoms with Gasteiger partial charge in [-0.15, -0.1) is 0 Å². The molecule has 0 unspecified atom stereocenters. The fourth-order valence-electron chi connectivity index (χ4n) is 3.17. The molecular weight excluding hydrogens is 286 g/mol. The van der Waals surface area contributed by atoms with Crippen molar-refractivity contribution in [3.63, 3.8) is 0 Å². The summed E-state index contributed by atoms with van der Waals surface area (Å²) in [6, 6.07) is 1.81. The van der Waals surface area contributed by atoms with Crippen LogP contribution in [0.15, 0.2) is 12.3 Å². The fraction of sp³-hybridized carbons (Fsp3) is 0.722. The van der Waals surface area contributed by atoms with Crippen LogP contribution in [0.5, 0.6) is 0 Å². The third kappa shape index (κ3) is 6.36. The van der Waals surface area contributed by atoms with Gasteiger partial charge in [-0.25, -0.2) is 0 Å². The summed E-state index contributed by atoms with van der Waals surface area (Å²) >= 11 is 0. The number of quaternary nitrogens is 1. The second-order valence-electron chi connectivity index (χ2n) is 7.55. The Labute approximate surface area is 141 Å². The highest BCUT2D eigenvalue weighted by atomic mass is 15.4. The molecule has 0 aromatic carbocycles. The van der Waals surface area contributed by atoms with Gasteiger partial charge >= 0.3 is 0 Å². The number of pyridine rings is 1. The molecule has 1 fully saturated rings. The summed E-state index contributed by atoms with van der Waals surface area (Å²) in [5.74, 6) is 0. The van der Waals surface area contributed by atoms with Gasteiger partial charge < -0.3 is 16.0 Å². The number of aromatic nitrogens is 1. The number of nitrogen functional groups attached to an aromatic ring is 2. The Hall–Kier alpha value is -1.33. The molecule has 0 radical (unpaired) electrons. The van der Waals surface area contributed by atoms with Crippen LogP contribution >= 0.6 is 0 Å². The molecule has 1 aliphatic heterocycles. The molecule has 2 heterocycles. The van der Waals surface area contributed by atoms with Crippen LogP contribution in [0.1, 0.15) is 37.8 Å². The van der Waals surface area contributed by atoms with Crippen LogP contribution in [0.25, 0.3) is 0 Å². The largest absolute Gasteiger partial charge is 0.397 e. The highest BCUT2D eigenvalue weighted by molar-refractivity contribution is 5.52. The van der Waals surface area contributed by atoms with Gasteiger partial charge in [0.15, 0.2) is 0 Å². The van der Waals surface area contributed by atoms with Crippen molar-refractivity contribution in [2.24, 2.45) is 0 Å². The molecule has 23 heavy (non-hydrogen) atoms. The van der Waals surface area contributed by atoms with E-state index in [1.54, 1.807) is 12.3 Å². The van der Waals surface area contributed by atoms with Gasteiger partial charge in [0, 0.05) is 13.1 Å². The lowest BCUT2D eigenvalue weighted by Gasteiger charge is -2.39. The summed E-state index contributed by atoms with van der Waals surface area (Å²) in [6.45, 7) is 6.36. The minimum absolute atomic E-state index is 0.645. The molecule has 0 spiro atoms. The predicted molar refractivity (Wildman–Crippen MR) is 98.1 cm³/mol. The maximum Gasteiger partial charge on any atom is 0.0912 e. The number of anilines is 2. The smallest absolute Gasteiger partial charge is 0.0912 e. The van der Waals surface area contributed by atoms with Crippen molar-refractivity contribution in [3.8, 4) is 0 Å². The maximum atomic E-state index is 5.94. The zero-order valence-corrected chi connectivity index (χ0v) is 14.9. The SMILES string of the molecule is C[N+]1(C)CCN(CCCCCCCc2ncc(N)cc2N)CC1. The summed E-state index contributed by atoms with van der Waals surface area (Å²) in [5.41, 5.74) is 14.0.